The Morgan fingerprint density at radius 1 is 1.37 bits per heavy atom. The summed E-state index contributed by atoms with van der Waals surface area (Å²) in [6.07, 6.45) is -0.137. The molecule has 0 spiro atoms. The number of hydrogen-bond donors (Lipinski definition) is 1. The third kappa shape index (κ3) is 5.38. The van der Waals surface area contributed by atoms with Gasteiger partial charge in [-0.15, -0.1) is 0 Å². The lowest BCUT2D eigenvalue weighted by molar-refractivity contribution is -0.164. The Morgan fingerprint density at radius 3 is 2.58 bits per heavy atom. The Balaban J connectivity index is 2.59. The number of amides is 1. The molecular weight excluding hydrogens is 257 g/mol. The van der Waals surface area contributed by atoms with Crippen molar-refractivity contribution in [1.82, 2.24) is 4.90 Å². The molecule has 1 saturated carbocycles. The van der Waals surface area contributed by atoms with E-state index in [1.54, 1.807) is 6.92 Å². The van der Waals surface area contributed by atoms with E-state index in [1.165, 1.54) is 0 Å². The Labute approximate surface area is 112 Å². The van der Waals surface area contributed by atoms with Crippen LogP contribution in [0.1, 0.15) is 39.0 Å². The van der Waals surface area contributed by atoms with Crippen LogP contribution in [0.3, 0.4) is 0 Å². The van der Waals surface area contributed by atoms with Gasteiger partial charge < -0.3 is 10.6 Å². The van der Waals surface area contributed by atoms with E-state index in [-0.39, 0.29) is 18.4 Å². The SMILES string of the molecule is CCN(CC(F)(F)F)C(=O)C1CCCC(CCN)C1. The van der Waals surface area contributed by atoms with Crippen LogP contribution in [0.2, 0.25) is 0 Å². The minimum Gasteiger partial charge on any atom is -0.334 e. The maximum Gasteiger partial charge on any atom is 0.406 e. The number of carbonyl (C=O) groups excluding carboxylic acids is 1. The number of hydrogen-bond acceptors (Lipinski definition) is 2. The van der Waals surface area contributed by atoms with Gasteiger partial charge in [0.1, 0.15) is 6.54 Å². The van der Waals surface area contributed by atoms with Crippen molar-refractivity contribution in [3.05, 3.63) is 0 Å². The highest BCUT2D eigenvalue weighted by atomic mass is 19.4. The fraction of sp³-hybridized carbons (Fsp3) is 0.923. The molecule has 1 fully saturated rings. The fourth-order valence-corrected chi connectivity index (χ4v) is 2.83. The zero-order valence-electron chi connectivity index (χ0n) is 11.4. The molecule has 0 aromatic heterocycles. The van der Waals surface area contributed by atoms with Crippen molar-refractivity contribution in [3.8, 4) is 0 Å². The molecular formula is C13H23F3N2O. The standard InChI is InChI=1S/C13H23F3N2O/c1-2-18(9-13(14,15)16)12(19)11-5-3-4-10(8-11)6-7-17/h10-11H,2-9,17H2,1H3. The second-order valence-electron chi connectivity index (χ2n) is 5.27. The molecule has 0 radical (unpaired) electrons. The Hall–Kier alpha value is -0.780. The first-order valence-corrected chi connectivity index (χ1v) is 6.93. The van der Waals surface area contributed by atoms with Gasteiger partial charge in [-0.05, 0) is 38.6 Å². The van der Waals surface area contributed by atoms with Gasteiger partial charge in [0.25, 0.3) is 0 Å². The Bertz CT molecular complexity index is 292. The second kappa shape index (κ2) is 7.12. The van der Waals surface area contributed by atoms with Crippen LogP contribution in [-0.4, -0.2) is 36.6 Å². The minimum absolute atomic E-state index is 0.108. The summed E-state index contributed by atoms with van der Waals surface area (Å²) in [4.78, 5) is 13.1. The van der Waals surface area contributed by atoms with Gasteiger partial charge >= 0.3 is 6.18 Å². The molecule has 1 aliphatic carbocycles. The van der Waals surface area contributed by atoms with Gasteiger partial charge in [-0.25, -0.2) is 0 Å². The number of nitrogens with zero attached hydrogens (tertiary/aromatic N) is 1. The summed E-state index contributed by atoms with van der Waals surface area (Å²) in [6.45, 7) is 1.13. The quantitative estimate of drug-likeness (QED) is 0.841. The summed E-state index contributed by atoms with van der Waals surface area (Å²) < 4.78 is 37.2. The number of carbonyl (C=O) groups is 1. The number of halogens is 3. The van der Waals surface area contributed by atoms with Crippen molar-refractivity contribution in [1.29, 1.82) is 0 Å². The van der Waals surface area contributed by atoms with Crippen molar-refractivity contribution in [2.24, 2.45) is 17.6 Å². The summed E-state index contributed by atoms with van der Waals surface area (Å²) >= 11 is 0. The largest absolute Gasteiger partial charge is 0.406 e. The van der Waals surface area contributed by atoms with Gasteiger partial charge in [0.2, 0.25) is 5.91 Å². The van der Waals surface area contributed by atoms with Crippen LogP contribution >= 0.6 is 0 Å². The van der Waals surface area contributed by atoms with E-state index in [2.05, 4.69) is 0 Å². The van der Waals surface area contributed by atoms with E-state index in [9.17, 15) is 18.0 Å². The van der Waals surface area contributed by atoms with Crippen LogP contribution < -0.4 is 5.73 Å². The predicted molar refractivity (Wildman–Crippen MR) is 67.4 cm³/mol. The Morgan fingerprint density at radius 2 is 2.05 bits per heavy atom. The predicted octanol–water partition coefficient (Wildman–Crippen LogP) is 2.55. The average molecular weight is 280 g/mol. The lowest BCUT2D eigenvalue weighted by Crippen LogP contribution is -2.43. The van der Waals surface area contributed by atoms with Crippen molar-refractivity contribution < 1.29 is 18.0 Å². The van der Waals surface area contributed by atoms with Crippen molar-refractivity contribution >= 4 is 5.91 Å². The summed E-state index contributed by atoms with van der Waals surface area (Å²) in [7, 11) is 0. The molecule has 1 aliphatic rings. The average Bonchev–Trinajstić information content (AvgIpc) is 2.35. The molecule has 2 unspecified atom stereocenters. The monoisotopic (exact) mass is 280 g/mol. The molecule has 112 valence electrons. The van der Waals surface area contributed by atoms with Crippen molar-refractivity contribution in [2.45, 2.75) is 45.2 Å². The smallest absolute Gasteiger partial charge is 0.334 e. The number of rotatable bonds is 5. The van der Waals surface area contributed by atoms with Crippen LogP contribution in [0.5, 0.6) is 0 Å². The van der Waals surface area contributed by atoms with E-state index in [1.807, 2.05) is 0 Å². The van der Waals surface area contributed by atoms with Crippen LogP contribution in [0.4, 0.5) is 13.2 Å². The van der Waals surface area contributed by atoms with Gasteiger partial charge in [-0.3, -0.25) is 4.79 Å². The summed E-state index contributed by atoms with van der Waals surface area (Å²) in [5, 5.41) is 0. The molecule has 2 atom stereocenters. The van der Waals surface area contributed by atoms with E-state index in [0.29, 0.717) is 25.3 Å². The lowest BCUT2D eigenvalue weighted by Gasteiger charge is -2.32. The van der Waals surface area contributed by atoms with Crippen LogP contribution in [0, 0.1) is 11.8 Å². The molecule has 0 heterocycles. The van der Waals surface area contributed by atoms with E-state index in [0.717, 1.165) is 24.2 Å². The van der Waals surface area contributed by atoms with Gasteiger partial charge in [0.05, 0.1) is 0 Å². The van der Waals surface area contributed by atoms with Crippen molar-refractivity contribution in [2.75, 3.05) is 19.6 Å². The first kappa shape index (κ1) is 16.3. The van der Waals surface area contributed by atoms with Crippen LogP contribution in [0.25, 0.3) is 0 Å². The van der Waals surface area contributed by atoms with E-state index < -0.39 is 12.7 Å². The third-order valence-electron chi connectivity index (χ3n) is 3.77. The lowest BCUT2D eigenvalue weighted by atomic mass is 9.79. The highest BCUT2D eigenvalue weighted by molar-refractivity contribution is 5.79. The minimum atomic E-state index is -4.32. The molecule has 0 aromatic rings. The number of alkyl halides is 3. The maximum atomic E-state index is 12.4. The molecule has 19 heavy (non-hydrogen) atoms. The third-order valence-corrected chi connectivity index (χ3v) is 3.77. The molecule has 3 nitrogen and oxygen atoms in total. The van der Waals surface area contributed by atoms with Gasteiger partial charge in [0, 0.05) is 12.5 Å². The molecule has 0 bridgehead atoms. The fourth-order valence-electron chi connectivity index (χ4n) is 2.83. The summed E-state index contributed by atoms with van der Waals surface area (Å²) in [6, 6.07) is 0. The van der Waals surface area contributed by atoms with Crippen LogP contribution in [0.15, 0.2) is 0 Å². The summed E-state index contributed by atoms with van der Waals surface area (Å²) in [5.74, 6) is -0.216. The van der Waals surface area contributed by atoms with E-state index >= 15 is 0 Å². The van der Waals surface area contributed by atoms with Crippen LogP contribution in [-0.2, 0) is 4.79 Å². The highest BCUT2D eigenvalue weighted by Crippen LogP contribution is 2.32. The molecule has 0 saturated heterocycles. The molecule has 0 aliphatic heterocycles. The molecule has 2 N–H and O–H groups in total. The topological polar surface area (TPSA) is 46.3 Å². The molecule has 0 aromatic carbocycles. The Kier molecular flexibility index (Phi) is 6.10. The second-order valence-corrected chi connectivity index (χ2v) is 5.27. The van der Waals surface area contributed by atoms with E-state index in [4.69, 9.17) is 5.73 Å². The number of nitrogens with two attached hydrogens (primary N) is 1. The zero-order valence-corrected chi connectivity index (χ0v) is 11.4. The highest BCUT2D eigenvalue weighted by Gasteiger charge is 2.36. The summed E-state index contributed by atoms with van der Waals surface area (Å²) in [5.41, 5.74) is 5.51. The maximum absolute atomic E-state index is 12.4. The zero-order chi connectivity index (χ0) is 14.5. The molecule has 1 rings (SSSR count). The first-order valence-electron chi connectivity index (χ1n) is 6.93. The van der Waals surface area contributed by atoms with Gasteiger partial charge in [0.15, 0.2) is 0 Å². The van der Waals surface area contributed by atoms with Gasteiger partial charge in [-0.1, -0.05) is 12.8 Å². The first-order chi connectivity index (χ1) is 8.87. The normalized spacial score (nSPS) is 24.3. The van der Waals surface area contributed by atoms with Gasteiger partial charge in [-0.2, -0.15) is 13.2 Å². The molecule has 1 amide bonds. The van der Waals surface area contributed by atoms with Crippen molar-refractivity contribution in [3.63, 3.8) is 0 Å². The molecule has 6 heteroatoms.